The van der Waals surface area contributed by atoms with Gasteiger partial charge in [0.1, 0.15) is 6.04 Å². The molecule has 2 aromatic rings. The Morgan fingerprint density at radius 1 is 1.10 bits per heavy atom. The van der Waals surface area contributed by atoms with Crippen LogP contribution in [0.5, 0.6) is 0 Å². The molecule has 2 atom stereocenters. The van der Waals surface area contributed by atoms with Gasteiger partial charge in [0.05, 0.1) is 19.1 Å². The minimum atomic E-state index is -1.17. The zero-order valence-corrected chi connectivity index (χ0v) is 16.4. The lowest BCUT2D eigenvalue weighted by molar-refractivity contribution is -0.141. The van der Waals surface area contributed by atoms with E-state index in [1.54, 1.807) is 6.20 Å². The van der Waals surface area contributed by atoms with Gasteiger partial charge in [-0.1, -0.05) is 18.2 Å². The summed E-state index contributed by atoms with van der Waals surface area (Å²) in [6, 6.07) is 6.05. The molecule has 1 aliphatic rings. The summed E-state index contributed by atoms with van der Waals surface area (Å²) in [6.45, 7) is 0.143. The number of carboxylic acid groups (broad SMARTS) is 1. The second-order valence-corrected chi connectivity index (χ2v) is 7.17. The van der Waals surface area contributed by atoms with Crippen LogP contribution >= 0.6 is 0 Å². The highest BCUT2D eigenvalue weighted by Crippen LogP contribution is 2.19. The molecule has 3 rings (SSSR count). The fraction of sp³-hybridized carbons (Fsp3) is 0.400. The molecule has 0 saturated carbocycles. The van der Waals surface area contributed by atoms with Crippen LogP contribution in [0.3, 0.4) is 0 Å². The van der Waals surface area contributed by atoms with Crippen molar-refractivity contribution in [2.24, 2.45) is 0 Å². The summed E-state index contributed by atoms with van der Waals surface area (Å²) in [6.07, 6.45) is 3.45. The number of fused-ring (bicyclic) bond motifs is 1. The molecule has 1 aromatic carbocycles. The number of carbonyl (C=O) groups is 4. The maximum atomic E-state index is 12.1. The molecule has 10 heteroatoms. The number of benzene rings is 1. The molecular weight excluding hydrogens is 390 g/mol. The molecule has 2 heterocycles. The Hall–Kier alpha value is -3.40. The first-order chi connectivity index (χ1) is 14.4. The molecular formula is C20H25N5O5. The highest BCUT2D eigenvalue weighted by molar-refractivity contribution is 5.91. The van der Waals surface area contributed by atoms with Gasteiger partial charge in [-0.15, -0.1) is 0 Å². The molecule has 1 aromatic heterocycles. The predicted molar refractivity (Wildman–Crippen MR) is 109 cm³/mol. The van der Waals surface area contributed by atoms with E-state index in [1.807, 2.05) is 24.3 Å². The molecule has 1 aliphatic heterocycles. The molecule has 0 spiro atoms. The number of hydrogen-bond donors (Lipinski definition) is 6. The van der Waals surface area contributed by atoms with Crippen molar-refractivity contribution in [3.05, 3.63) is 36.0 Å². The summed E-state index contributed by atoms with van der Waals surface area (Å²) in [5.74, 6) is -2.58. The van der Waals surface area contributed by atoms with Crippen LogP contribution in [-0.2, 0) is 25.6 Å². The van der Waals surface area contributed by atoms with E-state index in [2.05, 4.69) is 26.3 Å². The van der Waals surface area contributed by atoms with Crippen LogP contribution in [0.15, 0.2) is 30.5 Å². The van der Waals surface area contributed by atoms with Crippen molar-refractivity contribution in [1.82, 2.24) is 26.3 Å². The number of aliphatic carboxylic acids is 1. The lowest BCUT2D eigenvalue weighted by atomic mass is 10.1. The van der Waals surface area contributed by atoms with Crippen LogP contribution in [0.4, 0.5) is 0 Å². The molecule has 6 N–H and O–H groups in total. The topological polar surface area (TPSA) is 152 Å². The minimum Gasteiger partial charge on any atom is -0.480 e. The average Bonchev–Trinajstić information content (AvgIpc) is 3.40. The third-order valence-electron chi connectivity index (χ3n) is 4.98. The van der Waals surface area contributed by atoms with Crippen molar-refractivity contribution >= 4 is 34.6 Å². The van der Waals surface area contributed by atoms with E-state index in [9.17, 15) is 24.3 Å². The lowest BCUT2D eigenvalue weighted by Crippen LogP contribution is -2.49. The van der Waals surface area contributed by atoms with Gasteiger partial charge in [0, 0.05) is 23.5 Å². The molecule has 2 unspecified atom stereocenters. The fourth-order valence-corrected chi connectivity index (χ4v) is 3.41. The number of para-hydroxylation sites is 1. The summed E-state index contributed by atoms with van der Waals surface area (Å²) < 4.78 is 0. The SMILES string of the molecule is O=C(CNC(=O)C1CCCN1)NCC(=O)NC(Cc1c[nH]c2ccccc12)C(=O)O. The van der Waals surface area contributed by atoms with E-state index in [4.69, 9.17) is 0 Å². The molecule has 10 nitrogen and oxygen atoms in total. The fourth-order valence-electron chi connectivity index (χ4n) is 3.41. The lowest BCUT2D eigenvalue weighted by Gasteiger charge is -2.15. The summed E-state index contributed by atoms with van der Waals surface area (Å²) in [4.78, 5) is 50.4. The molecule has 0 aliphatic carbocycles. The standard InChI is InChI=1S/C20H25N5O5/c26-17(10-24-19(28)15-6-3-7-21-15)23-11-18(27)25-16(20(29)30)8-12-9-22-14-5-2-1-4-13(12)14/h1-2,4-5,9,15-16,21-22H,3,6-8,10-11H2,(H,23,26)(H,24,28)(H,25,27)(H,29,30). The van der Waals surface area contributed by atoms with Crippen LogP contribution < -0.4 is 21.3 Å². The number of carboxylic acids is 1. The Morgan fingerprint density at radius 3 is 2.60 bits per heavy atom. The summed E-state index contributed by atoms with van der Waals surface area (Å²) in [5, 5.41) is 20.7. The van der Waals surface area contributed by atoms with Crippen molar-refractivity contribution in [1.29, 1.82) is 0 Å². The second-order valence-electron chi connectivity index (χ2n) is 7.17. The highest BCUT2D eigenvalue weighted by Gasteiger charge is 2.23. The molecule has 0 radical (unpaired) electrons. The Labute approximate surface area is 172 Å². The van der Waals surface area contributed by atoms with Gasteiger partial charge in [-0.25, -0.2) is 4.79 Å². The first kappa shape index (κ1) is 21.3. The van der Waals surface area contributed by atoms with Gasteiger partial charge in [-0.2, -0.15) is 0 Å². The molecule has 1 fully saturated rings. The van der Waals surface area contributed by atoms with Gasteiger partial charge >= 0.3 is 5.97 Å². The van der Waals surface area contributed by atoms with Crippen LogP contribution in [-0.4, -0.2) is 65.5 Å². The number of rotatable bonds is 9. The normalized spacial score (nSPS) is 16.7. The van der Waals surface area contributed by atoms with Crippen LogP contribution in [0.1, 0.15) is 18.4 Å². The highest BCUT2D eigenvalue weighted by atomic mass is 16.4. The van der Waals surface area contributed by atoms with E-state index in [1.165, 1.54) is 0 Å². The predicted octanol–water partition coefficient (Wildman–Crippen LogP) is -0.736. The Morgan fingerprint density at radius 2 is 1.87 bits per heavy atom. The number of amides is 3. The zero-order valence-electron chi connectivity index (χ0n) is 16.4. The molecule has 0 bridgehead atoms. The van der Waals surface area contributed by atoms with Crippen LogP contribution in [0.25, 0.3) is 10.9 Å². The number of nitrogens with one attached hydrogen (secondary N) is 5. The first-order valence-corrected chi connectivity index (χ1v) is 9.79. The van der Waals surface area contributed by atoms with E-state index in [-0.39, 0.29) is 31.5 Å². The van der Waals surface area contributed by atoms with Gasteiger partial charge in [-0.3, -0.25) is 14.4 Å². The third-order valence-corrected chi connectivity index (χ3v) is 4.98. The summed E-state index contributed by atoms with van der Waals surface area (Å²) in [7, 11) is 0. The number of H-pyrrole nitrogens is 1. The van der Waals surface area contributed by atoms with E-state index >= 15 is 0 Å². The summed E-state index contributed by atoms with van der Waals surface area (Å²) in [5.41, 5.74) is 1.65. The van der Waals surface area contributed by atoms with Gasteiger partial charge < -0.3 is 31.4 Å². The average molecular weight is 415 g/mol. The Kier molecular flexibility index (Phi) is 7.02. The molecule has 3 amide bonds. The zero-order chi connectivity index (χ0) is 21.5. The second kappa shape index (κ2) is 9.88. The molecule has 30 heavy (non-hydrogen) atoms. The third kappa shape index (κ3) is 5.57. The smallest absolute Gasteiger partial charge is 0.326 e. The Bertz CT molecular complexity index is 935. The number of carbonyl (C=O) groups excluding carboxylic acids is 3. The maximum absolute atomic E-state index is 12.1. The largest absolute Gasteiger partial charge is 0.480 e. The molecule has 1 saturated heterocycles. The Balaban J connectivity index is 1.45. The van der Waals surface area contributed by atoms with Crippen molar-refractivity contribution < 1.29 is 24.3 Å². The van der Waals surface area contributed by atoms with Crippen molar-refractivity contribution in [3.63, 3.8) is 0 Å². The van der Waals surface area contributed by atoms with Gasteiger partial charge in [0.15, 0.2) is 0 Å². The van der Waals surface area contributed by atoms with E-state index < -0.39 is 23.8 Å². The van der Waals surface area contributed by atoms with Gasteiger partial charge in [-0.05, 0) is 31.0 Å². The quantitative estimate of drug-likeness (QED) is 0.317. The van der Waals surface area contributed by atoms with Crippen molar-refractivity contribution in [3.8, 4) is 0 Å². The number of aromatic nitrogens is 1. The van der Waals surface area contributed by atoms with Crippen LogP contribution in [0.2, 0.25) is 0 Å². The molecule has 160 valence electrons. The monoisotopic (exact) mass is 415 g/mol. The number of aromatic amines is 1. The first-order valence-electron chi connectivity index (χ1n) is 9.79. The van der Waals surface area contributed by atoms with Gasteiger partial charge in [0.2, 0.25) is 17.7 Å². The van der Waals surface area contributed by atoms with Crippen LogP contribution in [0, 0.1) is 0 Å². The minimum absolute atomic E-state index is 0.101. The van der Waals surface area contributed by atoms with Gasteiger partial charge in [0.25, 0.3) is 0 Å². The number of hydrogen-bond acceptors (Lipinski definition) is 5. The summed E-state index contributed by atoms with van der Waals surface area (Å²) >= 11 is 0. The van der Waals surface area contributed by atoms with Crippen molar-refractivity contribution in [2.45, 2.75) is 31.3 Å². The van der Waals surface area contributed by atoms with E-state index in [0.29, 0.717) is 0 Å². The maximum Gasteiger partial charge on any atom is 0.326 e. The van der Waals surface area contributed by atoms with Crippen molar-refractivity contribution in [2.75, 3.05) is 19.6 Å². The van der Waals surface area contributed by atoms with E-state index in [0.717, 1.165) is 35.9 Å².